The first kappa shape index (κ1) is 21.5. The summed E-state index contributed by atoms with van der Waals surface area (Å²) in [5, 5.41) is 0. The first-order valence-corrected chi connectivity index (χ1v) is 10.9. The summed E-state index contributed by atoms with van der Waals surface area (Å²) in [7, 11) is 4.83. The lowest BCUT2D eigenvalue weighted by molar-refractivity contribution is 0.324. The van der Waals surface area contributed by atoms with E-state index in [-0.39, 0.29) is 0 Å². The number of ether oxygens (including phenoxy) is 3. The molecule has 0 amide bonds. The first-order valence-electron chi connectivity index (χ1n) is 10.9. The van der Waals surface area contributed by atoms with Crippen molar-refractivity contribution in [3.63, 3.8) is 0 Å². The predicted molar refractivity (Wildman–Crippen MR) is 134 cm³/mol. The Morgan fingerprint density at radius 1 is 0.735 bits per heavy atom. The van der Waals surface area contributed by atoms with Crippen molar-refractivity contribution < 1.29 is 14.2 Å². The van der Waals surface area contributed by atoms with Crippen molar-refractivity contribution in [1.29, 1.82) is 0 Å². The molecule has 0 atom stereocenters. The summed E-state index contributed by atoms with van der Waals surface area (Å²) in [6.45, 7) is 2.09. The Hall–Kier alpha value is -4.32. The summed E-state index contributed by atoms with van der Waals surface area (Å²) in [5.74, 6) is 1.75. The lowest BCUT2D eigenvalue weighted by atomic mass is 9.99. The van der Waals surface area contributed by atoms with E-state index in [1.165, 1.54) is 5.56 Å². The molecule has 6 heteroatoms. The van der Waals surface area contributed by atoms with Crippen molar-refractivity contribution in [3.8, 4) is 50.9 Å². The number of rotatable bonds is 6. The second-order valence-corrected chi connectivity index (χ2v) is 7.97. The van der Waals surface area contributed by atoms with Crippen LogP contribution >= 0.6 is 0 Å². The number of pyridine rings is 2. The third-order valence-corrected chi connectivity index (χ3v) is 5.88. The second kappa shape index (κ2) is 8.90. The molecule has 0 N–H and O–H groups in total. The van der Waals surface area contributed by atoms with Crippen LogP contribution in [0.4, 0.5) is 0 Å². The van der Waals surface area contributed by atoms with E-state index in [4.69, 9.17) is 19.2 Å². The first-order chi connectivity index (χ1) is 16.6. The molecule has 5 rings (SSSR count). The van der Waals surface area contributed by atoms with Crippen molar-refractivity contribution in [3.05, 3.63) is 84.8 Å². The summed E-state index contributed by atoms with van der Waals surface area (Å²) >= 11 is 0. The zero-order valence-electron chi connectivity index (χ0n) is 19.6. The molecule has 0 saturated carbocycles. The van der Waals surface area contributed by atoms with Gasteiger partial charge in [-0.2, -0.15) is 0 Å². The highest BCUT2D eigenvalue weighted by Gasteiger charge is 2.17. The van der Waals surface area contributed by atoms with Crippen molar-refractivity contribution in [2.24, 2.45) is 0 Å². The van der Waals surface area contributed by atoms with Crippen molar-refractivity contribution in [2.75, 3.05) is 21.3 Å². The predicted octanol–water partition coefficient (Wildman–Crippen LogP) is 6.06. The second-order valence-electron chi connectivity index (χ2n) is 7.97. The Kier molecular flexibility index (Phi) is 5.64. The molecule has 0 radical (unpaired) electrons. The van der Waals surface area contributed by atoms with Gasteiger partial charge in [0.25, 0.3) is 0 Å². The van der Waals surface area contributed by atoms with Gasteiger partial charge in [0.1, 0.15) is 5.65 Å². The Labute approximate surface area is 198 Å². The van der Waals surface area contributed by atoms with E-state index in [0.29, 0.717) is 17.2 Å². The monoisotopic (exact) mass is 451 g/mol. The third kappa shape index (κ3) is 3.73. The van der Waals surface area contributed by atoms with E-state index in [1.807, 2.05) is 36.7 Å². The van der Waals surface area contributed by atoms with E-state index in [2.05, 4.69) is 58.9 Å². The minimum Gasteiger partial charge on any atom is -0.493 e. The average molecular weight is 452 g/mol. The van der Waals surface area contributed by atoms with Gasteiger partial charge in [0.05, 0.1) is 38.9 Å². The number of imidazole rings is 1. The van der Waals surface area contributed by atoms with E-state index in [1.54, 1.807) is 21.3 Å². The van der Waals surface area contributed by atoms with E-state index < -0.39 is 0 Å². The van der Waals surface area contributed by atoms with E-state index in [0.717, 1.165) is 39.3 Å². The maximum Gasteiger partial charge on any atom is 0.203 e. The molecule has 3 aromatic heterocycles. The highest BCUT2D eigenvalue weighted by atomic mass is 16.5. The third-order valence-electron chi connectivity index (χ3n) is 5.88. The summed E-state index contributed by atoms with van der Waals surface area (Å²) < 4.78 is 18.7. The standard InChI is InChI=1S/C28H25N3O3/c1-18-7-5-8-19(13-18)27-22(9-6-12-29-27)20-10-11-26-30-16-23(31(26)17-20)21-14-24(32-2)28(34-4)25(15-21)33-3/h5-17H,1-4H3. The van der Waals surface area contributed by atoms with Crippen molar-refractivity contribution in [2.45, 2.75) is 6.92 Å². The van der Waals surface area contributed by atoms with Crippen LogP contribution in [0.15, 0.2) is 79.3 Å². The number of aromatic nitrogens is 3. The molecule has 0 aliphatic rings. The molecule has 0 aliphatic heterocycles. The number of aryl methyl sites for hydroxylation is 1. The Morgan fingerprint density at radius 2 is 1.53 bits per heavy atom. The normalized spacial score (nSPS) is 10.9. The van der Waals surface area contributed by atoms with Crippen molar-refractivity contribution in [1.82, 2.24) is 14.4 Å². The fourth-order valence-electron chi connectivity index (χ4n) is 4.24. The van der Waals surface area contributed by atoms with Crippen LogP contribution in [0.25, 0.3) is 39.3 Å². The summed E-state index contributed by atoms with van der Waals surface area (Å²) in [6, 6.07) is 20.4. The zero-order chi connectivity index (χ0) is 23.7. The summed E-state index contributed by atoms with van der Waals surface area (Å²) in [5.41, 5.74) is 7.99. The molecule has 5 aromatic rings. The van der Waals surface area contributed by atoms with Crippen LogP contribution < -0.4 is 14.2 Å². The highest BCUT2D eigenvalue weighted by Crippen LogP contribution is 2.41. The Bertz CT molecular complexity index is 1460. The molecule has 3 heterocycles. The van der Waals surface area contributed by atoms with Gasteiger partial charge in [-0.15, -0.1) is 0 Å². The molecule has 0 unspecified atom stereocenters. The number of methoxy groups -OCH3 is 3. The number of fused-ring (bicyclic) bond motifs is 1. The smallest absolute Gasteiger partial charge is 0.203 e. The summed E-state index contributed by atoms with van der Waals surface area (Å²) in [4.78, 5) is 9.32. The fraction of sp³-hybridized carbons (Fsp3) is 0.143. The van der Waals surface area contributed by atoms with Crippen LogP contribution in [0.1, 0.15) is 5.56 Å². The molecule has 0 bridgehead atoms. The largest absolute Gasteiger partial charge is 0.493 e. The maximum absolute atomic E-state index is 5.55. The molecule has 0 spiro atoms. The number of benzene rings is 2. The van der Waals surface area contributed by atoms with Crippen LogP contribution in [0.2, 0.25) is 0 Å². The van der Waals surface area contributed by atoms with Crippen LogP contribution in [0, 0.1) is 6.92 Å². The molecule has 170 valence electrons. The highest BCUT2D eigenvalue weighted by molar-refractivity contribution is 5.81. The fourth-order valence-corrected chi connectivity index (χ4v) is 4.24. The van der Waals surface area contributed by atoms with Crippen LogP contribution in [-0.2, 0) is 0 Å². The summed E-state index contributed by atoms with van der Waals surface area (Å²) in [6.07, 6.45) is 5.78. The molecular formula is C28H25N3O3. The number of hydrogen-bond acceptors (Lipinski definition) is 5. The molecule has 34 heavy (non-hydrogen) atoms. The van der Waals surface area contributed by atoms with Gasteiger partial charge in [0, 0.05) is 34.6 Å². The number of hydrogen-bond donors (Lipinski definition) is 0. The van der Waals surface area contributed by atoms with Gasteiger partial charge < -0.3 is 14.2 Å². The quantitative estimate of drug-likeness (QED) is 0.314. The van der Waals surface area contributed by atoms with Gasteiger partial charge in [-0.3, -0.25) is 9.38 Å². The Morgan fingerprint density at radius 3 is 2.24 bits per heavy atom. The molecular weight excluding hydrogens is 426 g/mol. The van der Waals surface area contributed by atoms with E-state index >= 15 is 0 Å². The SMILES string of the molecule is COc1cc(-c2cnc3ccc(-c4cccnc4-c4cccc(C)c4)cn23)cc(OC)c1OC. The van der Waals surface area contributed by atoms with Gasteiger partial charge in [-0.05, 0) is 43.3 Å². The lowest BCUT2D eigenvalue weighted by Crippen LogP contribution is -1.97. The maximum atomic E-state index is 5.55. The molecule has 6 nitrogen and oxygen atoms in total. The van der Waals surface area contributed by atoms with Crippen LogP contribution in [0.3, 0.4) is 0 Å². The average Bonchev–Trinajstić information content (AvgIpc) is 3.31. The molecule has 2 aromatic carbocycles. The minimum absolute atomic E-state index is 0.557. The Balaban J connectivity index is 1.67. The van der Waals surface area contributed by atoms with Crippen molar-refractivity contribution >= 4 is 5.65 Å². The minimum atomic E-state index is 0.557. The van der Waals surface area contributed by atoms with Gasteiger partial charge in [0.2, 0.25) is 5.75 Å². The van der Waals surface area contributed by atoms with Gasteiger partial charge in [-0.1, -0.05) is 29.8 Å². The number of nitrogens with zero attached hydrogens (tertiary/aromatic N) is 3. The van der Waals surface area contributed by atoms with Gasteiger partial charge in [0.15, 0.2) is 11.5 Å². The molecule has 0 aliphatic carbocycles. The molecule has 0 fully saturated rings. The van der Waals surface area contributed by atoms with Gasteiger partial charge in [-0.25, -0.2) is 4.98 Å². The van der Waals surface area contributed by atoms with Crippen LogP contribution in [0.5, 0.6) is 17.2 Å². The van der Waals surface area contributed by atoms with E-state index in [9.17, 15) is 0 Å². The molecule has 0 saturated heterocycles. The van der Waals surface area contributed by atoms with Crippen LogP contribution in [-0.4, -0.2) is 35.7 Å². The van der Waals surface area contributed by atoms with Gasteiger partial charge >= 0.3 is 0 Å². The zero-order valence-corrected chi connectivity index (χ0v) is 19.6. The lowest BCUT2D eigenvalue weighted by Gasteiger charge is -2.14. The topological polar surface area (TPSA) is 57.9 Å².